The standard InChI is InChI=1S/C19H20F3N3O3/c1-12(2)25-16(9-10-23-25)24-18(27)13(3)28-17(26)8-7-14-5-4-6-15(11-14)19(20,21)22/h4-13H,1-3H3,(H,24,27)/b8-7+/t13-/m0/s1. The summed E-state index contributed by atoms with van der Waals surface area (Å²) >= 11 is 0. The van der Waals surface area contributed by atoms with E-state index in [2.05, 4.69) is 10.4 Å². The summed E-state index contributed by atoms with van der Waals surface area (Å²) in [7, 11) is 0. The minimum atomic E-state index is -4.47. The van der Waals surface area contributed by atoms with Crippen LogP contribution in [0.2, 0.25) is 0 Å². The first-order valence-electron chi connectivity index (χ1n) is 8.48. The fourth-order valence-electron chi connectivity index (χ4n) is 2.30. The van der Waals surface area contributed by atoms with Gasteiger partial charge in [0.2, 0.25) is 0 Å². The van der Waals surface area contributed by atoms with Gasteiger partial charge in [0, 0.05) is 18.2 Å². The van der Waals surface area contributed by atoms with Crippen LogP contribution < -0.4 is 5.32 Å². The van der Waals surface area contributed by atoms with Crippen LogP contribution in [-0.4, -0.2) is 27.8 Å². The molecular formula is C19H20F3N3O3. The van der Waals surface area contributed by atoms with Gasteiger partial charge in [0.25, 0.3) is 5.91 Å². The highest BCUT2D eigenvalue weighted by atomic mass is 19.4. The average molecular weight is 395 g/mol. The molecule has 0 fully saturated rings. The lowest BCUT2D eigenvalue weighted by molar-refractivity contribution is -0.148. The van der Waals surface area contributed by atoms with Crippen molar-refractivity contribution in [2.24, 2.45) is 0 Å². The summed E-state index contributed by atoms with van der Waals surface area (Å²) < 4.78 is 44.7. The lowest BCUT2D eigenvalue weighted by Gasteiger charge is -2.15. The molecule has 1 aromatic heterocycles. The Morgan fingerprint density at radius 2 is 1.93 bits per heavy atom. The van der Waals surface area contributed by atoms with Crippen LogP contribution in [0, 0.1) is 0 Å². The van der Waals surface area contributed by atoms with Crippen LogP contribution in [-0.2, 0) is 20.5 Å². The van der Waals surface area contributed by atoms with Crippen molar-refractivity contribution in [2.75, 3.05) is 5.32 Å². The molecule has 28 heavy (non-hydrogen) atoms. The van der Waals surface area contributed by atoms with Crippen molar-refractivity contribution in [1.82, 2.24) is 9.78 Å². The van der Waals surface area contributed by atoms with Gasteiger partial charge in [-0.25, -0.2) is 9.48 Å². The summed E-state index contributed by atoms with van der Waals surface area (Å²) in [6.07, 6.45) is -1.88. The summed E-state index contributed by atoms with van der Waals surface area (Å²) in [6, 6.07) is 6.14. The lowest BCUT2D eigenvalue weighted by atomic mass is 10.1. The quantitative estimate of drug-likeness (QED) is 0.591. The Morgan fingerprint density at radius 3 is 2.57 bits per heavy atom. The van der Waals surface area contributed by atoms with E-state index in [-0.39, 0.29) is 11.6 Å². The molecule has 0 aliphatic rings. The van der Waals surface area contributed by atoms with E-state index in [4.69, 9.17) is 4.74 Å². The Labute approximate surface area is 160 Å². The molecule has 0 unspecified atom stereocenters. The molecule has 6 nitrogen and oxygen atoms in total. The lowest BCUT2D eigenvalue weighted by Crippen LogP contribution is -2.30. The second kappa shape index (κ2) is 8.73. The minimum absolute atomic E-state index is 0.0264. The maximum absolute atomic E-state index is 12.7. The van der Waals surface area contributed by atoms with Crippen molar-refractivity contribution >= 4 is 23.8 Å². The fraction of sp³-hybridized carbons (Fsp3) is 0.316. The summed E-state index contributed by atoms with van der Waals surface area (Å²) in [5.41, 5.74) is -0.637. The summed E-state index contributed by atoms with van der Waals surface area (Å²) in [6.45, 7) is 5.18. The predicted octanol–water partition coefficient (Wildman–Crippen LogP) is 4.07. The molecule has 150 valence electrons. The van der Waals surface area contributed by atoms with Crippen molar-refractivity contribution in [3.63, 3.8) is 0 Å². The van der Waals surface area contributed by atoms with Gasteiger partial charge < -0.3 is 10.1 Å². The van der Waals surface area contributed by atoms with Crippen LogP contribution >= 0.6 is 0 Å². The second-order valence-corrected chi connectivity index (χ2v) is 6.28. The Kier molecular flexibility index (Phi) is 6.61. The Morgan fingerprint density at radius 1 is 1.21 bits per heavy atom. The van der Waals surface area contributed by atoms with Gasteiger partial charge in [0.05, 0.1) is 11.8 Å². The molecule has 0 aliphatic heterocycles. The van der Waals surface area contributed by atoms with Gasteiger partial charge in [-0.1, -0.05) is 12.1 Å². The monoisotopic (exact) mass is 395 g/mol. The van der Waals surface area contributed by atoms with Gasteiger partial charge in [-0.3, -0.25) is 4.79 Å². The Hall–Kier alpha value is -3.10. The van der Waals surface area contributed by atoms with Crippen molar-refractivity contribution < 1.29 is 27.5 Å². The third-order valence-corrected chi connectivity index (χ3v) is 3.70. The maximum atomic E-state index is 12.7. The number of carbonyl (C=O) groups excluding carboxylic acids is 2. The number of alkyl halides is 3. The molecular weight excluding hydrogens is 375 g/mol. The molecule has 1 amide bonds. The molecule has 0 saturated heterocycles. The molecule has 9 heteroatoms. The zero-order chi connectivity index (χ0) is 20.9. The van der Waals surface area contributed by atoms with Gasteiger partial charge in [-0.15, -0.1) is 0 Å². The smallest absolute Gasteiger partial charge is 0.416 e. The first-order valence-corrected chi connectivity index (χ1v) is 8.48. The molecule has 0 bridgehead atoms. The summed E-state index contributed by atoms with van der Waals surface area (Å²) in [5, 5.41) is 6.69. The number of hydrogen-bond donors (Lipinski definition) is 1. The van der Waals surface area contributed by atoms with Crippen LogP contribution in [0.25, 0.3) is 6.08 Å². The number of benzene rings is 1. The van der Waals surface area contributed by atoms with E-state index >= 15 is 0 Å². The van der Waals surface area contributed by atoms with E-state index in [1.54, 1.807) is 10.7 Å². The Balaban J connectivity index is 1.96. The van der Waals surface area contributed by atoms with Crippen molar-refractivity contribution in [1.29, 1.82) is 0 Å². The molecule has 1 atom stereocenters. The van der Waals surface area contributed by atoms with Crippen molar-refractivity contribution in [2.45, 2.75) is 39.1 Å². The number of nitrogens with one attached hydrogen (secondary N) is 1. The number of halogens is 3. The van der Waals surface area contributed by atoms with Crippen molar-refractivity contribution in [3.05, 3.63) is 53.7 Å². The number of anilines is 1. The van der Waals surface area contributed by atoms with E-state index in [1.165, 1.54) is 31.3 Å². The highest BCUT2D eigenvalue weighted by Crippen LogP contribution is 2.29. The fourth-order valence-corrected chi connectivity index (χ4v) is 2.30. The summed E-state index contributed by atoms with van der Waals surface area (Å²) in [5.74, 6) is -0.942. The van der Waals surface area contributed by atoms with Gasteiger partial charge >= 0.3 is 12.1 Å². The zero-order valence-electron chi connectivity index (χ0n) is 15.5. The van der Waals surface area contributed by atoms with Crippen molar-refractivity contribution in [3.8, 4) is 0 Å². The SMILES string of the molecule is CC(C)n1nccc1NC(=O)[C@H](C)OC(=O)/C=C/c1cccc(C(F)(F)F)c1. The van der Waals surface area contributed by atoms with Gasteiger partial charge in [-0.2, -0.15) is 18.3 Å². The highest BCUT2D eigenvalue weighted by Gasteiger charge is 2.30. The number of carbonyl (C=O) groups is 2. The normalized spacial score (nSPS) is 13.0. The molecule has 2 rings (SSSR count). The van der Waals surface area contributed by atoms with Crippen LogP contribution in [0.3, 0.4) is 0 Å². The highest BCUT2D eigenvalue weighted by molar-refractivity contribution is 5.96. The number of hydrogen-bond acceptors (Lipinski definition) is 4. The van der Waals surface area contributed by atoms with Gasteiger partial charge in [-0.05, 0) is 44.5 Å². The van der Waals surface area contributed by atoms with Crippen LogP contribution in [0.5, 0.6) is 0 Å². The third kappa shape index (κ3) is 5.70. The number of nitrogens with zero attached hydrogens (tertiary/aromatic N) is 2. The van der Waals surface area contributed by atoms with E-state index in [0.29, 0.717) is 5.82 Å². The first-order chi connectivity index (χ1) is 13.1. The largest absolute Gasteiger partial charge is 0.449 e. The molecule has 1 aromatic carbocycles. The summed E-state index contributed by atoms with van der Waals surface area (Å²) in [4.78, 5) is 24.0. The molecule has 0 radical (unpaired) electrons. The molecule has 2 aromatic rings. The molecule has 1 heterocycles. The van der Waals surface area contributed by atoms with Crippen LogP contribution in [0.4, 0.5) is 19.0 Å². The average Bonchev–Trinajstić information content (AvgIpc) is 3.08. The number of ether oxygens (including phenoxy) is 1. The maximum Gasteiger partial charge on any atom is 0.416 e. The molecule has 0 aliphatic carbocycles. The van der Waals surface area contributed by atoms with Gasteiger partial charge in [0.1, 0.15) is 5.82 Å². The number of aromatic nitrogens is 2. The van der Waals surface area contributed by atoms with E-state index in [9.17, 15) is 22.8 Å². The molecule has 1 N–H and O–H groups in total. The first kappa shape index (κ1) is 21.2. The third-order valence-electron chi connectivity index (χ3n) is 3.70. The number of esters is 1. The van der Waals surface area contributed by atoms with E-state index < -0.39 is 29.7 Å². The van der Waals surface area contributed by atoms with Crippen LogP contribution in [0.15, 0.2) is 42.6 Å². The number of amides is 1. The van der Waals surface area contributed by atoms with Crippen LogP contribution in [0.1, 0.15) is 37.9 Å². The molecule has 0 saturated carbocycles. The minimum Gasteiger partial charge on any atom is -0.449 e. The molecule has 0 spiro atoms. The topological polar surface area (TPSA) is 73.2 Å². The number of rotatable bonds is 6. The second-order valence-electron chi connectivity index (χ2n) is 6.28. The van der Waals surface area contributed by atoms with Gasteiger partial charge in [0.15, 0.2) is 6.10 Å². The Bertz CT molecular complexity index is 873. The van der Waals surface area contributed by atoms with E-state index in [0.717, 1.165) is 18.2 Å². The predicted molar refractivity (Wildman–Crippen MR) is 97.3 cm³/mol. The zero-order valence-corrected chi connectivity index (χ0v) is 15.5. The van der Waals surface area contributed by atoms with E-state index in [1.807, 2.05) is 13.8 Å².